The molecular formula is C13H8Cl3NO2. The van der Waals surface area contributed by atoms with E-state index in [0.29, 0.717) is 10.7 Å². The highest BCUT2D eigenvalue weighted by Gasteiger charge is 2.16. The summed E-state index contributed by atoms with van der Waals surface area (Å²) in [4.78, 5) is 16.0. The molecule has 0 saturated heterocycles. The van der Waals surface area contributed by atoms with Crippen molar-refractivity contribution in [3.8, 4) is 5.75 Å². The van der Waals surface area contributed by atoms with E-state index in [1.165, 1.54) is 12.1 Å². The van der Waals surface area contributed by atoms with Crippen LogP contribution in [0, 0.1) is 6.92 Å². The summed E-state index contributed by atoms with van der Waals surface area (Å²) < 4.78 is 5.15. The molecule has 0 aliphatic carbocycles. The number of benzene rings is 1. The summed E-state index contributed by atoms with van der Waals surface area (Å²) in [6, 6.07) is 7.93. The van der Waals surface area contributed by atoms with Gasteiger partial charge in [0.05, 0.1) is 10.0 Å². The van der Waals surface area contributed by atoms with Crippen LogP contribution in [-0.4, -0.2) is 11.0 Å². The molecule has 3 nitrogen and oxygen atoms in total. The van der Waals surface area contributed by atoms with Crippen LogP contribution in [0.15, 0.2) is 30.3 Å². The molecule has 0 amide bonds. The molecule has 0 aliphatic heterocycles. The Bertz CT molecular complexity index is 621. The van der Waals surface area contributed by atoms with Crippen LogP contribution in [0.25, 0.3) is 0 Å². The molecule has 0 atom stereocenters. The zero-order valence-corrected chi connectivity index (χ0v) is 12.1. The smallest absolute Gasteiger partial charge is 0.362 e. The van der Waals surface area contributed by atoms with Crippen molar-refractivity contribution < 1.29 is 9.53 Å². The monoisotopic (exact) mass is 315 g/mol. The molecule has 0 bridgehead atoms. The largest absolute Gasteiger partial charge is 0.419 e. The van der Waals surface area contributed by atoms with Gasteiger partial charge in [-0.2, -0.15) is 0 Å². The first kappa shape index (κ1) is 14.1. The van der Waals surface area contributed by atoms with Gasteiger partial charge in [-0.3, -0.25) is 0 Å². The molecule has 6 heteroatoms. The minimum absolute atomic E-state index is 0.0704. The van der Waals surface area contributed by atoms with Gasteiger partial charge < -0.3 is 4.74 Å². The van der Waals surface area contributed by atoms with E-state index in [9.17, 15) is 4.79 Å². The summed E-state index contributed by atoms with van der Waals surface area (Å²) in [7, 11) is 0. The summed E-state index contributed by atoms with van der Waals surface area (Å²) in [6.45, 7) is 1.78. The lowest BCUT2D eigenvalue weighted by Crippen LogP contribution is -2.11. The maximum Gasteiger partial charge on any atom is 0.362 e. The minimum Gasteiger partial charge on any atom is -0.419 e. The first-order chi connectivity index (χ1) is 8.97. The van der Waals surface area contributed by atoms with Crippen LogP contribution in [0.3, 0.4) is 0 Å². The van der Waals surface area contributed by atoms with E-state index in [0.717, 1.165) is 0 Å². The number of pyridine rings is 1. The molecule has 0 N–H and O–H groups in total. The Morgan fingerprint density at radius 1 is 1.16 bits per heavy atom. The lowest BCUT2D eigenvalue weighted by molar-refractivity contribution is 0.0728. The molecule has 0 fully saturated rings. The molecule has 0 aliphatic rings. The Hall–Kier alpha value is -1.29. The van der Waals surface area contributed by atoms with Crippen molar-refractivity contribution in [2.24, 2.45) is 0 Å². The molecule has 0 saturated carbocycles. The SMILES string of the molecule is Cc1cccc(C(=O)Oc2c(Cl)cc(Cl)cc2Cl)n1. The fraction of sp³-hybridized carbons (Fsp3) is 0.0769. The van der Waals surface area contributed by atoms with Gasteiger partial charge in [-0.15, -0.1) is 0 Å². The second-order valence-electron chi connectivity index (χ2n) is 3.75. The standard InChI is InChI=1S/C13H8Cl3NO2/c1-7-3-2-4-11(17-7)13(18)19-12-9(15)5-8(14)6-10(12)16/h2-6H,1H3. The molecule has 1 aromatic heterocycles. The van der Waals surface area contributed by atoms with Crippen molar-refractivity contribution in [3.05, 3.63) is 56.8 Å². The molecule has 0 unspecified atom stereocenters. The number of halogens is 3. The molecule has 2 rings (SSSR count). The van der Waals surface area contributed by atoms with E-state index in [2.05, 4.69) is 4.98 Å². The predicted molar refractivity (Wildman–Crippen MR) is 75.4 cm³/mol. The Morgan fingerprint density at radius 2 is 1.79 bits per heavy atom. The molecule has 0 spiro atoms. The Morgan fingerprint density at radius 3 is 2.37 bits per heavy atom. The van der Waals surface area contributed by atoms with Crippen molar-refractivity contribution in [1.29, 1.82) is 0 Å². The second-order valence-corrected chi connectivity index (χ2v) is 5.00. The number of carbonyl (C=O) groups excluding carboxylic acids is 1. The fourth-order valence-corrected chi connectivity index (χ4v) is 2.32. The average molecular weight is 317 g/mol. The van der Waals surface area contributed by atoms with E-state index < -0.39 is 5.97 Å². The molecule has 1 heterocycles. The van der Waals surface area contributed by atoms with Crippen molar-refractivity contribution >= 4 is 40.8 Å². The van der Waals surface area contributed by atoms with Gasteiger partial charge in [0.25, 0.3) is 0 Å². The fourth-order valence-electron chi connectivity index (χ4n) is 1.43. The van der Waals surface area contributed by atoms with Crippen molar-refractivity contribution in [2.75, 3.05) is 0 Å². The van der Waals surface area contributed by atoms with Gasteiger partial charge in [0.2, 0.25) is 0 Å². The highest BCUT2D eigenvalue weighted by Crippen LogP contribution is 2.36. The summed E-state index contributed by atoms with van der Waals surface area (Å²) in [5, 5.41) is 0.695. The number of aromatic nitrogens is 1. The lowest BCUT2D eigenvalue weighted by atomic mass is 10.3. The second kappa shape index (κ2) is 5.78. The Labute approximate surface area is 125 Å². The Kier molecular flexibility index (Phi) is 4.30. The molecule has 2 aromatic rings. The third kappa shape index (κ3) is 3.38. The third-order valence-corrected chi connectivity index (χ3v) is 3.03. The third-order valence-electron chi connectivity index (χ3n) is 2.26. The van der Waals surface area contributed by atoms with Gasteiger partial charge in [0, 0.05) is 10.7 Å². The van der Waals surface area contributed by atoms with Gasteiger partial charge in [-0.05, 0) is 31.2 Å². The maximum atomic E-state index is 11.9. The van der Waals surface area contributed by atoms with E-state index >= 15 is 0 Å². The number of hydrogen-bond donors (Lipinski definition) is 0. The minimum atomic E-state index is -0.630. The van der Waals surface area contributed by atoms with Crippen LogP contribution in [0.1, 0.15) is 16.2 Å². The van der Waals surface area contributed by atoms with Crippen LogP contribution in [0.4, 0.5) is 0 Å². The zero-order chi connectivity index (χ0) is 14.0. The van der Waals surface area contributed by atoms with Gasteiger partial charge in [0.1, 0.15) is 5.69 Å². The van der Waals surface area contributed by atoms with Crippen LogP contribution < -0.4 is 4.74 Å². The quantitative estimate of drug-likeness (QED) is 0.602. The topological polar surface area (TPSA) is 39.2 Å². The number of nitrogens with zero attached hydrogens (tertiary/aromatic N) is 1. The first-order valence-corrected chi connectivity index (χ1v) is 6.41. The van der Waals surface area contributed by atoms with E-state index in [1.807, 2.05) is 0 Å². The van der Waals surface area contributed by atoms with E-state index in [1.54, 1.807) is 25.1 Å². The Balaban J connectivity index is 2.29. The zero-order valence-electron chi connectivity index (χ0n) is 9.78. The van der Waals surface area contributed by atoms with E-state index in [-0.39, 0.29) is 21.5 Å². The van der Waals surface area contributed by atoms with Gasteiger partial charge in [0.15, 0.2) is 5.75 Å². The lowest BCUT2D eigenvalue weighted by Gasteiger charge is -2.08. The van der Waals surface area contributed by atoms with Gasteiger partial charge in [-0.1, -0.05) is 40.9 Å². The number of aryl methyl sites for hydroxylation is 1. The molecule has 0 radical (unpaired) electrons. The molecule has 98 valence electrons. The van der Waals surface area contributed by atoms with Crippen molar-refractivity contribution in [2.45, 2.75) is 6.92 Å². The molecule has 1 aromatic carbocycles. The number of esters is 1. The van der Waals surface area contributed by atoms with Crippen LogP contribution in [0.5, 0.6) is 5.75 Å². The highest BCUT2D eigenvalue weighted by molar-refractivity contribution is 6.40. The van der Waals surface area contributed by atoms with Crippen LogP contribution >= 0.6 is 34.8 Å². The number of ether oxygens (including phenoxy) is 1. The van der Waals surface area contributed by atoms with Crippen molar-refractivity contribution in [3.63, 3.8) is 0 Å². The van der Waals surface area contributed by atoms with Gasteiger partial charge in [-0.25, -0.2) is 9.78 Å². The van der Waals surface area contributed by atoms with Crippen LogP contribution in [0.2, 0.25) is 15.1 Å². The normalized spacial score (nSPS) is 10.3. The number of carbonyl (C=O) groups is 1. The first-order valence-electron chi connectivity index (χ1n) is 5.28. The summed E-state index contributed by atoms with van der Waals surface area (Å²) in [6.07, 6.45) is 0. The summed E-state index contributed by atoms with van der Waals surface area (Å²) in [5.74, 6) is -0.559. The predicted octanol–water partition coefficient (Wildman–Crippen LogP) is 4.57. The highest BCUT2D eigenvalue weighted by atomic mass is 35.5. The van der Waals surface area contributed by atoms with E-state index in [4.69, 9.17) is 39.5 Å². The van der Waals surface area contributed by atoms with Crippen molar-refractivity contribution in [1.82, 2.24) is 4.98 Å². The summed E-state index contributed by atoms with van der Waals surface area (Å²) >= 11 is 17.6. The van der Waals surface area contributed by atoms with Crippen LogP contribution in [-0.2, 0) is 0 Å². The molecular weight excluding hydrogens is 309 g/mol. The average Bonchev–Trinajstić information content (AvgIpc) is 2.33. The summed E-state index contributed by atoms with van der Waals surface area (Å²) in [5.41, 5.74) is 0.893. The number of rotatable bonds is 2. The van der Waals surface area contributed by atoms with Gasteiger partial charge >= 0.3 is 5.97 Å². The maximum absolute atomic E-state index is 11.9. The number of hydrogen-bond acceptors (Lipinski definition) is 3. The molecule has 19 heavy (non-hydrogen) atoms.